The lowest BCUT2D eigenvalue weighted by molar-refractivity contribution is -0.145. The number of carbonyl (C=O) groups is 4. The molecule has 0 aliphatic carbocycles. The van der Waals surface area contributed by atoms with Crippen LogP contribution in [0.5, 0.6) is 0 Å². The normalized spacial score (nSPS) is 11.8. The van der Waals surface area contributed by atoms with E-state index in [-0.39, 0.29) is 31.3 Å². The van der Waals surface area contributed by atoms with Gasteiger partial charge in [-0.25, -0.2) is 4.79 Å². The number of nitrogens with one attached hydrogen (secondary N) is 3. The van der Waals surface area contributed by atoms with E-state index in [0.29, 0.717) is 32.4 Å². The molecular formula is C35H59N3O6. The highest BCUT2D eigenvalue weighted by Crippen LogP contribution is 2.12. The van der Waals surface area contributed by atoms with Gasteiger partial charge in [0.2, 0.25) is 11.8 Å². The Morgan fingerprint density at radius 3 is 1.89 bits per heavy atom. The third-order valence-electron chi connectivity index (χ3n) is 7.11. The van der Waals surface area contributed by atoms with Crippen molar-refractivity contribution in [2.24, 2.45) is 0 Å². The van der Waals surface area contributed by atoms with E-state index in [1.165, 1.54) is 51.4 Å². The number of hydrogen-bond acceptors (Lipinski definition) is 6. The molecule has 9 heteroatoms. The average Bonchev–Trinajstić information content (AvgIpc) is 2.98. The van der Waals surface area contributed by atoms with E-state index >= 15 is 0 Å². The molecule has 0 heterocycles. The fourth-order valence-electron chi connectivity index (χ4n) is 4.65. The van der Waals surface area contributed by atoms with Crippen LogP contribution in [-0.4, -0.2) is 48.6 Å². The Labute approximate surface area is 266 Å². The summed E-state index contributed by atoms with van der Waals surface area (Å²) in [4.78, 5) is 49.8. The van der Waals surface area contributed by atoms with E-state index < -0.39 is 23.7 Å². The van der Waals surface area contributed by atoms with Crippen molar-refractivity contribution in [3.05, 3.63) is 35.9 Å². The van der Waals surface area contributed by atoms with Gasteiger partial charge in [0.05, 0.1) is 0 Å². The Balaban J connectivity index is 2.41. The van der Waals surface area contributed by atoms with Gasteiger partial charge < -0.3 is 25.4 Å². The predicted octanol–water partition coefficient (Wildman–Crippen LogP) is 7.12. The number of esters is 1. The topological polar surface area (TPSA) is 123 Å². The first-order valence-corrected chi connectivity index (χ1v) is 16.8. The van der Waals surface area contributed by atoms with Gasteiger partial charge in [0.25, 0.3) is 0 Å². The molecule has 0 unspecified atom stereocenters. The standard InChI is InChI=1S/C35H59N3O6/c1-5-6-7-8-9-10-11-12-13-14-18-23-31(39)38-30(24-25-32(40)43-28-29-21-16-15-17-22-29)33(41)36-26-19-20-27-37-34(42)44-35(2,3)4/h15-17,21-22,30H,5-14,18-20,23-28H2,1-4H3,(H,36,41)(H,37,42)(H,38,39)/t30-/m1/s1. The molecule has 0 aliphatic heterocycles. The minimum absolute atomic E-state index is 0.0173. The van der Waals surface area contributed by atoms with Crippen molar-refractivity contribution in [2.75, 3.05) is 13.1 Å². The maximum atomic E-state index is 13.0. The summed E-state index contributed by atoms with van der Waals surface area (Å²) in [6.45, 7) is 8.63. The molecule has 44 heavy (non-hydrogen) atoms. The molecule has 9 nitrogen and oxygen atoms in total. The summed E-state index contributed by atoms with van der Waals surface area (Å²) in [5, 5.41) is 8.39. The molecule has 3 N–H and O–H groups in total. The summed E-state index contributed by atoms with van der Waals surface area (Å²) in [6.07, 6.45) is 14.6. The van der Waals surface area contributed by atoms with E-state index in [0.717, 1.165) is 24.8 Å². The second kappa shape index (κ2) is 24.2. The summed E-state index contributed by atoms with van der Waals surface area (Å²) < 4.78 is 10.6. The van der Waals surface area contributed by atoms with Crippen LogP contribution < -0.4 is 16.0 Å². The van der Waals surface area contributed by atoms with Gasteiger partial charge in [-0.1, -0.05) is 101 Å². The minimum Gasteiger partial charge on any atom is -0.461 e. The first-order valence-electron chi connectivity index (χ1n) is 16.8. The van der Waals surface area contributed by atoms with Crippen molar-refractivity contribution < 1.29 is 28.7 Å². The molecule has 0 radical (unpaired) electrons. The van der Waals surface area contributed by atoms with Crippen LogP contribution in [0, 0.1) is 0 Å². The smallest absolute Gasteiger partial charge is 0.407 e. The number of hydrogen-bond donors (Lipinski definition) is 3. The van der Waals surface area contributed by atoms with Gasteiger partial charge in [0, 0.05) is 25.9 Å². The molecule has 0 saturated carbocycles. The van der Waals surface area contributed by atoms with Crippen molar-refractivity contribution in [1.82, 2.24) is 16.0 Å². The quantitative estimate of drug-likeness (QED) is 0.0839. The highest BCUT2D eigenvalue weighted by Gasteiger charge is 2.22. The highest BCUT2D eigenvalue weighted by molar-refractivity contribution is 5.88. The van der Waals surface area contributed by atoms with E-state index in [1.807, 2.05) is 30.3 Å². The molecule has 1 rings (SSSR count). The van der Waals surface area contributed by atoms with Gasteiger partial charge in [-0.05, 0) is 52.0 Å². The second-order valence-corrected chi connectivity index (χ2v) is 12.5. The average molecular weight is 618 g/mol. The first-order chi connectivity index (χ1) is 21.1. The fraction of sp³-hybridized carbons (Fsp3) is 0.714. The van der Waals surface area contributed by atoms with E-state index in [4.69, 9.17) is 9.47 Å². The maximum absolute atomic E-state index is 13.0. The zero-order valence-electron chi connectivity index (χ0n) is 27.8. The van der Waals surface area contributed by atoms with Crippen molar-refractivity contribution in [1.29, 1.82) is 0 Å². The Morgan fingerprint density at radius 1 is 0.727 bits per heavy atom. The monoisotopic (exact) mass is 617 g/mol. The van der Waals surface area contributed by atoms with Gasteiger partial charge in [-0.15, -0.1) is 0 Å². The lowest BCUT2D eigenvalue weighted by Crippen LogP contribution is -2.47. The van der Waals surface area contributed by atoms with Gasteiger partial charge in [-0.3, -0.25) is 14.4 Å². The zero-order valence-corrected chi connectivity index (χ0v) is 27.8. The Morgan fingerprint density at radius 2 is 1.30 bits per heavy atom. The third-order valence-corrected chi connectivity index (χ3v) is 7.11. The molecule has 3 amide bonds. The largest absolute Gasteiger partial charge is 0.461 e. The maximum Gasteiger partial charge on any atom is 0.407 e. The van der Waals surface area contributed by atoms with Crippen molar-refractivity contribution in [2.45, 2.75) is 149 Å². The van der Waals surface area contributed by atoms with E-state index in [9.17, 15) is 19.2 Å². The molecule has 0 spiro atoms. The first kappa shape index (κ1) is 38.9. The van der Waals surface area contributed by atoms with Crippen LogP contribution in [-0.2, 0) is 30.5 Å². The Kier molecular flexibility index (Phi) is 21.5. The van der Waals surface area contributed by atoms with Gasteiger partial charge in [-0.2, -0.15) is 0 Å². The van der Waals surface area contributed by atoms with Gasteiger partial charge >= 0.3 is 12.1 Å². The molecule has 1 aromatic rings. The van der Waals surface area contributed by atoms with Gasteiger partial charge in [0.15, 0.2) is 0 Å². The van der Waals surface area contributed by atoms with Crippen molar-refractivity contribution in [3.63, 3.8) is 0 Å². The van der Waals surface area contributed by atoms with Crippen LogP contribution in [0.4, 0.5) is 4.79 Å². The summed E-state index contributed by atoms with van der Waals surface area (Å²) in [6, 6.07) is 8.58. The number of alkyl carbamates (subject to hydrolysis) is 1. The van der Waals surface area contributed by atoms with Crippen LogP contribution in [0.1, 0.15) is 136 Å². The van der Waals surface area contributed by atoms with Crippen LogP contribution in [0.2, 0.25) is 0 Å². The molecule has 0 fully saturated rings. The molecule has 0 bridgehead atoms. The van der Waals surface area contributed by atoms with Crippen LogP contribution >= 0.6 is 0 Å². The lowest BCUT2D eigenvalue weighted by Gasteiger charge is -2.20. The van der Waals surface area contributed by atoms with Gasteiger partial charge in [0.1, 0.15) is 18.2 Å². The Bertz CT molecular complexity index is 932. The summed E-state index contributed by atoms with van der Waals surface area (Å²) in [5.41, 5.74) is 0.329. The zero-order chi connectivity index (χ0) is 32.5. The van der Waals surface area contributed by atoms with E-state index in [2.05, 4.69) is 22.9 Å². The van der Waals surface area contributed by atoms with Crippen LogP contribution in [0.3, 0.4) is 0 Å². The number of rotatable bonds is 24. The Hall–Kier alpha value is -3.10. The molecular weight excluding hydrogens is 558 g/mol. The SMILES string of the molecule is CCCCCCCCCCCCCC(=O)N[C@H](CCC(=O)OCc1ccccc1)C(=O)NCCCCNC(=O)OC(C)(C)C. The summed E-state index contributed by atoms with van der Waals surface area (Å²) in [7, 11) is 0. The number of unbranched alkanes of at least 4 members (excludes halogenated alkanes) is 11. The van der Waals surface area contributed by atoms with Crippen molar-refractivity contribution >= 4 is 23.9 Å². The van der Waals surface area contributed by atoms with Crippen LogP contribution in [0.15, 0.2) is 30.3 Å². The third kappa shape index (κ3) is 22.4. The predicted molar refractivity (Wildman–Crippen MR) is 175 cm³/mol. The molecule has 0 saturated heterocycles. The number of carbonyl (C=O) groups excluding carboxylic acids is 4. The number of benzene rings is 1. The molecule has 0 aliphatic rings. The molecule has 0 aromatic heterocycles. The lowest BCUT2D eigenvalue weighted by atomic mass is 10.0. The van der Waals surface area contributed by atoms with Crippen LogP contribution in [0.25, 0.3) is 0 Å². The summed E-state index contributed by atoms with van der Waals surface area (Å²) >= 11 is 0. The van der Waals surface area contributed by atoms with E-state index in [1.54, 1.807) is 20.8 Å². The second-order valence-electron chi connectivity index (χ2n) is 12.5. The molecule has 1 aromatic carbocycles. The number of amides is 3. The minimum atomic E-state index is -0.820. The number of ether oxygens (including phenoxy) is 2. The molecule has 250 valence electrons. The fourth-order valence-corrected chi connectivity index (χ4v) is 4.65. The van der Waals surface area contributed by atoms with Crippen molar-refractivity contribution in [3.8, 4) is 0 Å². The highest BCUT2D eigenvalue weighted by atomic mass is 16.6. The molecule has 1 atom stereocenters. The summed E-state index contributed by atoms with van der Waals surface area (Å²) in [5.74, 6) is -0.923.